The van der Waals surface area contributed by atoms with Gasteiger partial charge in [-0.3, -0.25) is 14.5 Å². The average molecular weight is 428 g/mol. The summed E-state index contributed by atoms with van der Waals surface area (Å²) in [5.41, 5.74) is -0.796. The van der Waals surface area contributed by atoms with Crippen molar-refractivity contribution in [1.82, 2.24) is 10.2 Å². The van der Waals surface area contributed by atoms with Crippen LogP contribution in [-0.2, 0) is 21.7 Å². The first-order valence-electron chi connectivity index (χ1n) is 9.92. The number of imide groups is 1. The Morgan fingerprint density at radius 3 is 2.47 bits per heavy atom. The lowest BCUT2D eigenvalue weighted by molar-refractivity contribution is -0.138. The molecule has 5 rings (SSSR count). The number of halogens is 2. The monoisotopic (exact) mass is 427 g/mol. The number of amides is 4. The molecule has 1 atom stereocenters. The Morgan fingerprint density at radius 2 is 1.77 bits per heavy atom. The van der Waals surface area contributed by atoms with Gasteiger partial charge in [-0.05, 0) is 37.0 Å². The van der Waals surface area contributed by atoms with E-state index in [9.17, 15) is 18.8 Å². The highest BCUT2D eigenvalue weighted by Gasteiger charge is 2.64. The Hall–Kier alpha value is -2.93. The molecule has 1 unspecified atom stereocenters. The number of nitrogens with zero attached hydrogens (tertiary/aromatic N) is 2. The summed E-state index contributed by atoms with van der Waals surface area (Å²) < 4.78 is 14.4. The van der Waals surface area contributed by atoms with Crippen molar-refractivity contribution >= 4 is 35.1 Å². The minimum Gasteiger partial charge on any atom is -0.311 e. The van der Waals surface area contributed by atoms with Crippen LogP contribution >= 0.6 is 11.6 Å². The van der Waals surface area contributed by atoms with Crippen molar-refractivity contribution in [2.45, 2.75) is 31.3 Å². The van der Waals surface area contributed by atoms with Crippen molar-refractivity contribution < 1.29 is 18.8 Å². The van der Waals surface area contributed by atoms with E-state index >= 15 is 0 Å². The lowest BCUT2D eigenvalue weighted by Crippen LogP contribution is -2.52. The summed E-state index contributed by atoms with van der Waals surface area (Å²) >= 11 is 6.17. The van der Waals surface area contributed by atoms with Gasteiger partial charge in [0.15, 0.2) is 0 Å². The van der Waals surface area contributed by atoms with Crippen LogP contribution in [0.2, 0.25) is 5.02 Å². The van der Waals surface area contributed by atoms with Crippen LogP contribution in [0.4, 0.5) is 14.9 Å². The molecule has 0 radical (unpaired) electrons. The molecule has 6 nitrogen and oxygen atoms in total. The summed E-state index contributed by atoms with van der Waals surface area (Å²) in [5, 5.41) is 2.84. The van der Waals surface area contributed by atoms with Gasteiger partial charge in [-0.25, -0.2) is 9.18 Å². The fourth-order valence-electron chi connectivity index (χ4n) is 4.45. The predicted octanol–water partition coefficient (Wildman–Crippen LogP) is 3.57. The van der Waals surface area contributed by atoms with Crippen molar-refractivity contribution in [3.05, 3.63) is 64.4 Å². The summed E-state index contributed by atoms with van der Waals surface area (Å²) in [6.45, 7) is 0.163. The van der Waals surface area contributed by atoms with Crippen molar-refractivity contribution in [1.29, 1.82) is 0 Å². The van der Waals surface area contributed by atoms with E-state index in [2.05, 4.69) is 5.32 Å². The zero-order valence-corrected chi connectivity index (χ0v) is 16.8. The minimum atomic E-state index is -1.81. The Balaban J connectivity index is 1.55. The van der Waals surface area contributed by atoms with Crippen LogP contribution in [0, 0.1) is 11.7 Å². The number of benzene rings is 2. The summed E-state index contributed by atoms with van der Waals surface area (Å²) in [6.07, 6.45) is 3.01. The highest BCUT2D eigenvalue weighted by molar-refractivity contribution is 6.31. The molecule has 1 N–H and O–H groups in total. The van der Waals surface area contributed by atoms with Gasteiger partial charge in [0.25, 0.3) is 11.8 Å². The molecule has 30 heavy (non-hydrogen) atoms. The molecule has 3 aliphatic rings. The molecular weight excluding hydrogens is 409 g/mol. The molecule has 0 bridgehead atoms. The molecule has 0 aromatic heterocycles. The quantitative estimate of drug-likeness (QED) is 0.599. The first-order chi connectivity index (χ1) is 14.4. The van der Waals surface area contributed by atoms with Gasteiger partial charge in [-0.2, -0.15) is 0 Å². The third kappa shape index (κ3) is 2.58. The van der Waals surface area contributed by atoms with E-state index in [0.29, 0.717) is 17.8 Å². The zero-order valence-electron chi connectivity index (χ0n) is 16.0. The Labute approximate surface area is 177 Å². The van der Waals surface area contributed by atoms with Crippen LogP contribution in [0.5, 0.6) is 0 Å². The summed E-state index contributed by atoms with van der Waals surface area (Å²) in [4.78, 5) is 42.2. The lowest BCUT2D eigenvalue weighted by Gasteiger charge is -2.29. The second-order valence-electron chi connectivity index (χ2n) is 8.00. The molecular formula is C22H19ClFN3O3. The smallest absolute Gasteiger partial charge is 0.311 e. The van der Waals surface area contributed by atoms with E-state index in [-0.39, 0.29) is 23.0 Å². The highest BCUT2D eigenvalue weighted by atomic mass is 35.5. The fraction of sp³-hybridized carbons (Fsp3) is 0.318. The van der Waals surface area contributed by atoms with Gasteiger partial charge in [0.2, 0.25) is 5.54 Å². The molecule has 2 aliphatic heterocycles. The third-order valence-corrected chi connectivity index (χ3v) is 6.67. The SMILES string of the molecule is O=C1NC2(C(=O)N1CC1CCC1)C(=O)N(Cc1c(F)cccc1Cl)c1ccccc12. The van der Waals surface area contributed by atoms with Gasteiger partial charge in [-0.15, -0.1) is 0 Å². The molecule has 2 fully saturated rings. The molecule has 2 heterocycles. The third-order valence-electron chi connectivity index (χ3n) is 6.31. The van der Waals surface area contributed by atoms with E-state index in [1.165, 1.54) is 17.0 Å². The molecule has 1 aliphatic carbocycles. The summed E-state index contributed by atoms with van der Waals surface area (Å²) in [7, 11) is 0. The largest absolute Gasteiger partial charge is 0.325 e. The first-order valence-corrected chi connectivity index (χ1v) is 10.3. The Kier molecular flexibility index (Phi) is 4.32. The van der Waals surface area contributed by atoms with Crippen LogP contribution in [0.15, 0.2) is 42.5 Å². The van der Waals surface area contributed by atoms with Crippen molar-refractivity contribution in [3.8, 4) is 0 Å². The van der Waals surface area contributed by atoms with Crippen LogP contribution < -0.4 is 10.2 Å². The van der Waals surface area contributed by atoms with E-state index in [4.69, 9.17) is 11.6 Å². The van der Waals surface area contributed by atoms with Gasteiger partial charge in [0.1, 0.15) is 5.82 Å². The number of hydrogen-bond acceptors (Lipinski definition) is 3. The number of carbonyl (C=O) groups excluding carboxylic acids is 3. The Bertz CT molecular complexity index is 1070. The number of carbonyl (C=O) groups is 3. The normalized spacial score (nSPS) is 23.2. The molecule has 1 saturated carbocycles. The maximum atomic E-state index is 14.4. The van der Waals surface area contributed by atoms with Crippen LogP contribution in [-0.4, -0.2) is 29.3 Å². The van der Waals surface area contributed by atoms with Gasteiger partial charge in [-0.1, -0.05) is 42.3 Å². The number of nitrogens with one attached hydrogen (secondary N) is 1. The van der Waals surface area contributed by atoms with E-state index < -0.39 is 29.2 Å². The standard InChI is InChI=1S/C22H19ClFN3O3/c23-16-8-4-9-17(24)14(16)12-26-18-10-2-1-7-15(18)22(19(26)28)20(29)27(21(30)25-22)11-13-5-3-6-13/h1-2,4,7-10,13H,3,5-6,11-12H2,(H,25,30). The molecule has 154 valence electrons. The fourth-order valence-corrected chi connectivity index (χ4v) is 4.68. The maximum Gasteiger partial charge on any atom is 0.325 e. The highest BCUT2D eigenvalue weighted by Crippen LogP contribution is 2.45. The van der Waals surface area contributed by atoms with E-state index in [1.807, 2.05) is 0 Å². The molecule has 4 amide bonds. The number of anilines is 1. The summed E-state index contributed by atoms with van der Waals surface area (Å²) in [5.74, 6) is -1.44. The van der Waals surface area contributed by atoms with Gasteiger partial charge in [0, 0.05) is 22.7 Å². The number of rotatable bonds is 4. The van der Waals surface area contributed by atoms with Crippen molar-refractivity contribution in [2.24, 2.45) is 5.92 Å². The van der Waals surface area contributed by atoms with Crippen molar-refractivity contribution in [2.75, 3.05) is 11.4 Å². The van der Waals surface area contributed by atoms with Gasteiger partial charge < -0.3 is 10.2 Å². The van der Waals surface area contributed by atoms with E-state index in [1.54, 1.807) is 30.3 Å². The predicted molar refractivity (Wildman–Crippen MR) is 108 cm³/mol. The Morgan fingerprint density at radius 1 is 1.03 bits per heavy atom. The van der Waals surface area contributed by atoms with Crippen LogP contribution in [0.25, 0.3) is 0 Å². The molecule has 1 spiro atoms. The lowest BCUT2D eigenvalue weighted by atomic mass is 9.84. The second kappa shape index (κ2) is 6.80. The average Bonchev–Trinajstić information content (AvgIpc) is 3.08. The summed E-state index contributed by atoms with van der Waals surface area (Å²) in [6, 6.07) is 10.5. The van der Waals surface area contributed by atoms with E-state index in [0.717, 1.165) is 24.2 Å². The minimum absolute atomic E-state index is 0.144. The topological polar surface area (TPSA) is 69.7 Å². The first kappa shape index (κ1) is 19.1. The van der Waals surface area contributed by atoms with Crippen LogP contribution in [0.3, 0.4) is 0 Å². The number of urea groups is 1. The van der Waals surface area contributed by atoms with Gasteiger partial charge in [0.05, 0.1) is 12.2 Å². The van der Waals surface area contributed by atoms with Gasteiger partial charge >= 0.3 is 6.03 Å². The maximum absolute atomic E-state index is 14.4. The number of para-hydroxylation sites is 1. The van der Waals surface area contributed by atoms with Crippen LogP contribution in [0.1, 0.15) is 30.4 Å². The molecule has 2 aromatic carbocycles. The molecule has 8 heteroatoms. The molecule has 2 aromatic rings. The number of fused-ring (bicyclic) bond motifs is 2. The molecule has 1 saturated heterocycles. The van der Waals surface area contributed by atoms with Crippen molar-refractivity contribution in [3.63, 3.8) is 0 Å². The number of hydrogen-bond donors (Lipinski definition) is 1. The zero-order chi connectivity index (χ0) is 21.0. The second-order valence-corrected chi connectivity index (χ2v) is 8.41.